The Bertz CT molecular complexity index is 605. The summed E-state index contributed by atoms with van der Waals surface area (Å²) in [5.74, 6) is -0.192. The zero-order chi connectivity index (χ0) is 15.2. The van der Waals surface area contributed by atoms with Gasteiger partial charge in [-0.25, -0.2) is 4.39 Å². The number of benzene rings is 2. The quantitative estimate of drug-likeness (QED) is 0.872. The molecule has 0 unspecified atom stereocenters. The summed E-state index contributed by atoms with van der Waals surface area (Å²) in [6, 6.07) is 10.7. The maximum absolute atomic E-state index is 13.1. The predicted molar refractivity (Wildman–Crippen MR) is 73.4 cm³/mol. The monoisotopic (exact) mass is 297 g/mol. The van der Waals surface area contributed by atoms with Crippen molar-refractivity contribution in [2.75, 3.05) is 12.4 Å². The Hall–Kier alpha value is -2.37. The molecule has 21 heavy (non-hydrogen) atoms. The molecule has 2 rings (SSSR count). The van der Waals surface area contributed by atoms with E-state index in [2.05, 4.69) is 10.1 Å². The molecule has 0 saturated carbocycles. The fourth-order valence-electron chi connectivity index (χ4n) is 1.88. The first-order chi connectivity index (χ1) is 10.1. The highest BCUT2D eigenvalue weighted by Crippen LogP contribution is 2.32. The van der Waals surface area contributed by atoms with E-state index >= 15 is 0 Å². The molecule has 0 radical (unpaired) electrons. The lowest BCUT2D eigenvalue weighted by Crippen LogP contribution is -2.08. The fraction of sp³-hybridized carbons (Fsp3) is 0.200. The van der Waals surface area contributed by atoms with E-state index in [1.54, 1.807) is 24.3 Å². The SMILES string of the molecule is COc1cccc(CNc2cccc(F)c2)c1OC(F)F. The molecule has 0 saturated heterocycles. The first-order valence-corrected chi connectivity index (χ1v) is 6.20. The summed E-state index contributed by atoms with van der Waals surface area (Å²) >= 11 is 0. The van der Waals surface area contributed by atoms with Crippen molar-refractivity contribution in [3.63, 3.8) is 0 Å². The molecule has 0 fully saturated rings. The number of methoxy groups -OCH3 is 1. The molecule has 112 valence electrons. The lowest BCUT2D eigenvalue weighted by atomic mass is 10.1. The Morgan fingerprint density at radius 3 is 2.57 bits per heavy atom. The number of ether oxygens (including phenoxy) is 2. The van der Waals surface area contributed by atoms with Crippen LogP contribution in [0.5, 0.6) is 11.5 Å². The lowest BCUT2D eigenvalue weighted by Gasteiger charge is -2.15. The molecule has 6 heteroatoms. The van der Waals surface area contributed by atoms with E-state index in [0.29, 0.717) is 11.3 Å². The Balaban J connectivity index is 2.19. The van der Waals surface area contributed by atoms with Crippen LogP contribution in [0.15, 0.2) is 42.5 Å². The van der Waals surface area contributed by atoms with Crippen LogP contribution in [0.4, 0.5) is 18.9 Å². The van der Waals surface area contributed by atoms with Crippen LogP contribution in [0, 0.1) is 5.82 Å². The summed E-state index contributed by atoms with van der Waals surface area (Å²) in [5, 5.41) is 2.95. The maximum atomic E-state index is 13.1. The average Bonchev–Trinajstić information content (AvgIpc) is 2.45. The van der Waals surface area contributed by atoms with Gasteiger partial charge < -0.3 is 14.8 Å². The zero-order valence-electron chi connectivity index (χ0n) is 11.3. The standard InChI is InChI=1S/C15H14F3NO2/c1-20-13-7-2-4-10(14(13)21-15(17)18)9-19-12-6-3-5-11(16)8-12/h2-8,15,19H,9H2,1H3. The van der Waals surface area contributed by atoms with Crippen molar-refractivity contribution >= 4 is 5.69 Å². The summed E-state index contributed by atoms with van der Waals surface area (Å²) in [4.78, 5) is 0. The molecule has 0 aliphatic rings. The number of halogens is 3. The summed E-state index contributed by atoms with van der Waals surface area (Å²) in [6.45, 7) is -2.75. The summed E-state index contributed by atoms with van der Waals surface area (Å²) in [7, 11) is 1.37. The van der Waals surface area contributed by atoms with E-state index in [9.17, 15) is 13.2 Å². The van der Waals surface area contributed by atoms with Gasteiger partial charge in [-0.2, -0.15) is 8.78 Å². The highest BCUT2D eigenvalue weighted by molar-refractivity contribution is 5.50. The molecular weight excluding hydrogens is 283 g/mol. The predicted octanol–water partition coefficient (Wildman–Crippen LogP) is 4.05. The van der Waals surface area contributed by atoms with Gasteiger partial charge in [0.05, 0.1) is 7.11 Å². The maximum Gasteiger partial charge on any atom is 0.387 e. The van der Waals surface area contributed by atoms with Gasteiger partial charge >= 0.3 is 6.61 Å². The Morgan fingerprint density at radius 1 is 1.14 bits per heavy atom. The van der Waals surface area contributed by atoms with Crippen LogP contribution in [-0.2, 0) is 6.54 Å². The van der Waals surface area contributed by atoms with Crippen molar-refractivity contribution in [3.8, 4) is 11.5 Å². The molecule has 0 atom stereocenters. The third-order valence-corrected chi connectivity index (χ3v) is 2.79. The van der Waals surface area contributed by atoms with Crippen LogP contribution in [-0.4, -0.2) is 13.7 Å². The van der Waals surface area contributed by atoms with Crippen molar-refractivity contribution in [1.29, 1.82) is 0 Å². The van der Waals surface area contributed by atoms with Gasteiger partial charge in [0.2, 0.25) is 0 Å². The van der Waals surface area contributed by atoms with Gasteiger partial charge in [-0.15, -0.1) is 0 Å². The molecule has 1 N–H and O–H groups in total. The number of hydrogen-bond donors (Lipinski definition) is 1. The number of rotatable bonds is 6. The third-order valence-electron chi connectivity index (χ3n) is 2.79. The van der Waals surface area contributed by atoms with Gasteiger partial charge in [0.25, 0.3) is 0 Å². The molecule has 0 aliphatic heterocycles. The van der Waals surface area contributed by atoms with Gasteiger partial charge in [-0.05, 0) is 24.3 Å². The van der Waals surface area contributed by atoms with Gasteiger partial charge in [0, 0.05) is 17.8 Å². The third kappa shape index (κ3) is 4.05. The highest BCUT2D eigenvalue weighted by Gasteiger charge is 2.15. The molecule has 2 aromatic carbocycles. The van der Waals surface area contributed by atoms with E-state index in [4.69, 9.17) is 4.74 Å². The van der Waals surface area contributed by atoms with Crippen molar-refractivity contribution in [2.45, 2.75) is 13.2 Å². The van der Waals surface area contributed by atoms with Crippen LogP contribution in [0.3, 0.4) is 0 Å². The lowest BCUT2D eigenvalue weighted by molar-refractivity contribution is -0.0517. The van der Waals surface area contributed by atoms with Crippen LogP contribution in [0.2, 0.25) is 0 Å². The van der Waals surface area contributed by atoms with Crippen molar-refractivity contribution in [2.24, 2.45) is 0 Å². The van der Waals surface area contributed by atoms with Crippen molar-refractivity contribution in [3.05, 3.63) is 53.8 Å². The molecule has 0 aromatic heterocycles. The van der Waals surface area contributed by atoms with E-state index in [1.165, 1.54) is 25.3 Å². The fourth-order valence-corrected chi connectivity index (χ4v) is 1.88. The Labute approximate surface area is 120 Å². The Kier molecular flexibility index (Phi) is 4.92. The average molecular weight is 297 g/mol. The molecule has 0 aliphatic carbocycles. The van der Waals surface area contributed by atoms with Gasteiger partial charge in [0.1, 0.15) is 5.82 Å². The first-order valence-electron chi connectivity index (χ1n) is 6.20. The molecule has 0 heterocycles. The molecule has 3 nitrogen and oxygen atoms in total. The van der Waals surface area contributed by atoms with Crippen molar-refractivity contribution < 1.29 is 22.6 Å². The van der Waals surface area contributed by atoms with Gasteiger partial charge in [0.15, 0.2) is 11.5 Å². The number of anilines is 1. The van der Waals surface area contributed by atoms with Gasteiger partial charge in [-0.1, -0.05) is 18.2 Å². The molecule has 2 aromatic rings. The van der Waals surface area contributed by atoms with Crippen LogP contribution >= 0.6 is 0 Å². The van der Waals surface area contributed by atoms with Crippen molar-refractivity contribution in [1.82, 2.24) is 0 Å². The van der Waals surface area contributed by atoms with E-state index < -0.39 is 6.61 Å². The summed E-state index contributed by atoms with van der Waals surface area (Å²) < 4.78 is 47.6. The van der Waals surface area contributed by atoms with Crippen LogP contribution < -0.4 is 14.8 Å². The second-order valence-electron chi connectivity index (χ2n) is 4.19. The van der Waals surface area contributed by atoms with Crippen LogP contribution in [0.25, 0.3) is 0 Å². The Morgan fingerprint density at radius 2 is 1.90 bits per heavy atom. The first kappa shape index (κ1) is 15.0. The second kappa shape index (κ2) is 6.88. The second-order valence-corrected chi connectivity index (χ2v) is 4.19. The molecule has 0 spiro atoms. The summed E-state index contributed by atoms with van der Waals surface area (Å²) in [5.41, 5.74) is 1.03. The molecule has 0 bridgehead atoms. The summed E-state index contributed by atoms with van der Waals surface area (Å²) in [6.07, 6.45) is 0. The minimum Gasteiger partial charge on any atom is -0.493 e. The minimum atomic E-state index is -2.95. The zero-order valence-corrected chi connectivity index (χ0v) is 11.3. The molecule has 0 amide bonds. The number of para-hydroxylation sites is 1. The van der Waals surface area contributed by atoms with Gasteiger partial charge in [-0.3, -0.25) is 0 Å². The number of alkyl halides is 2. The van der Waals surface area contributed by atoms with E-state index in [1.807, 2.05) is 0 Å². The number of hydrogen-bond acceptors (Lipinski definition) is 3. The van der Waals surface area contributed by atoms with E-state index in [-0.39, 0.29) is 23.9 Å². The van der Waals surface area contributed by atoms with Crippen LogP contribution in [0.1, 0.15) is 5.56 Å². The number of nitrogens with one attached hydrogen (secondary N) is 1. The highest BCUT2D eigenvalue weighted by atomic mass is 19.3. The topological polar surface area (TPSA) is 30.5 Å². The molecular formula is C15H14F3NO2. The van der Waals surface area contributed by atoms with E-state index in [0.717, 1.165) is 0 Å². The smallest absolute Gasteiger partial charge is 0.387 e. The normalized spacial score (nSPS) is 10.5. The minimum absolute atomic E-state index is 0.0288. The largest absolute Gasteiger partial charge is 0.493 e.